The number of nitrogens with one attached hydrogen (secondary N) is 1. The Balaban J connectivity index is 2.38. The van der Waals surface area contributed by atoms with Crippen LogP contribution in [0, 0.1) is 5.92 Å². The summed E-state index contributed by atoms with van der Waals surface area (Å²) in [6, 6.07) is 0. The molecule has 23 heavy (non-hydrogen) atoms. The Morgan fingerprint density at radius 3 is 2.57 bits per heavy atom. The van der Waals surface area contributed by atoms with E-state index in [0.717, 1.165) is 38.9 Å². The maximum Gasteiger partial charge on any atom is 0.224 e. The lowest BCUT2D eigenvalue weighted by molar-refractivity contribution is -0.126. The van der Waals surface area contributed by atoms with Gasteiger partial charge in [-0.25, -0.2) is 12.7 Å². The molecule has 0 aromatic carbocycles. The predicted molar refractivity (Wildman–Crippen MR) is 93.8 cm³/mol. The molecular weight excluding hydrogens is 314 g/mol. The summed E-state index contributed by atoms with van der Waals surface area (Å²) >= 11 is 0. The van der Waals surface area contributed by atoms with Crippen LogP contribution in [-0.4, -0.2) is 68.6 Å². The lowest BCUT2D eigenvalue weighted by Crippen LogP contribution is -2.46. The van der Waals surface area contributed by atoms with Gasteiger partial charge in [-0.15, -0.1) is 0 Å². The zero-order valence-corrected chi connectivity index (χ0v) is 15.7. The molecule has 1 aliphatic rings. The van der Waals surface area contributed by atoms with E-state index in [1.165, 1.54) is 4.31 Å². The maximum atomic E-state index is 12.3. The van der Waals surface area contributed by atoms with Gasteiger partial charge in [-0.2, -0.15) is 0 Å². The van der Waals surface area contributed by atoms with Gasteiger partial charge in [0.15, 0.2) is 0 Å². The van der Waals surface area contributed by atoms with Gasteiger partial charge < -0.3 is 10.2 Å². The van der Waals surface area contributed by atoms with Crippen molar-refractivity contribution in [3.05, 3.63) is 0 Å². The highest BCUT2D eigenvalue weighted by atomic mass is 32.2. The molecule has 136 valence electrons. The van der Waals surface area contributed by atoms with Crippen LogP contribution in [0.5, 0.6) is 0 Å². The van der Waals surface area contributed by atoms with Gasteiger partial charge in [0, 0.05) is 19.6 Å². The summed E-state index contributed by atoms with van der Waals surface area (Å²) < 4.78 is 25.8. The molecule has 0 radical (unpaired) electrons. The molecule has 1 fully saturated rings. The van der Waals surface area contributed by atoms with Gasteiger partial charge in [0.25, 0.3) is 0 Å². The van der Waals surface area contributed by atoms with E-state index < -0.39 is 10.0 Å². The fourth-order valence-corrected chi connectivity index (χ4v) is 4.58. The van der Waals surface area contributed by atoms with Gasteiger partial charge in [0.1, 0.15) is 0 Å². The van der Waals surface area contributed by atoms with Crippen molar-refractivity contribution in [2.75, 3.05) is 45.0 Å². The van der Waals surface area contributed by atoms with Crippen LogP contribution < -0.4 is 5.32 Å². The first-order valence-corrected chi connectivity index (χ1v) is 10.5. The molecule has 1 saturated heterocycles. The minimum Gasteiger partial charge on any atom is -0.356 e. The predicted octanol–water partition coefficient (Wildman–Crippen LogP) is 1.29. The second-order valence-corrected chi connectivity index (χ2v) is 8.27. The van der Waals surface area contributed by atoms with Crippen molar-refractivity contribution in [1.82, 2.24) is 14.5 Å². The topological polar surface area (TPSA) is 69.7 Å². The molecule has 1 rings (SSSR count). The molecule has 0 aliphatic carbocycles. The van der Waals surface area contributed by atoms with Crippen LogP contribution in [0.25, 0.3) is 0 Å². The average molecular weight is 348 g/mol. The smallest absolute Gasteiger partial charge is 0.224 e. The monoisotopic (exact) mass is 347 g/mol. The molecule has 0 unspecified atom stereocenters. The summed E-state index contributed by atoms with van der Waals surface area (Å²) in [5, 5.41) is 2.97. The highest BCUT2D eigenvalue weighted by molar-refractivity contribution is 7.89. The molecule has 1 atom stereocenters. The zero-order valence-electron chi connectivity index (χ0n) is 14.9. The number of piperidine rings is 1. The van der Waals surface area contributed by atoms with Gasteiger partial charge in [-0.1, -0.05) is 20.8 Å². The van der Waals surface area contributed by atoms with Gasteiger partial charge in [0.05, 0.1) is 11.7 Å². The Kier molecular flexibility index (Phi) is 9.09. The first-order valence-electron chi connectivity index (χ1n) is 8.92. The number of amides is 1. The Morgan fingerprint density at radius 2 is 1.96 bits per heavy atom. The molecule has 1 aliphatic heterocycles. The van der Waals surface area contributed by atoms with E-state index in [0.29, 0.717) is 26.1 Å². The number of nitrogens with zero attached hydrogens (tertiary/aromatic N) is 2. The van der Waals surface area contributed by atoms with E-state index in [-0.39, 0.29) is 17.6 Å². The minimum atomic E-state index is -3.20. The average Bonchev–Trinajstić information content (AvgIpc) is 2.55. The molecule has 1 N–H and O–H groups in total. The van der Waals surface area contributed by atoms with Gasteiger partial charge in [-0.05, 0) is 45.3 Å². The van der Waals surface area contributed by atoms with Crippen molar-refractivity contribution in [1.29, 1.82) is 0 Å². The maximum absolute atomic E-state index is 12.3. The Hall–Kier alpha value is -0.660. The van der Waals surface area contributed by atoms with E-state index in [2.05, 4.69) is 24.1 Å². The standard InChI is InChI=1S/C16H33N3O3S/c1-4-13-23(21,22)19-12-7-9-15(14-19)16(20)17-10-8-11-18(5-2)6-3/h15H,4-14H2,1-3H3,(H,17,20)/t15-/m1/s1. The number of rotatable bonds is 10. The van der Waals surface area contributed by atoms with Gasteiger partial charge in [-0.3, -0.25) is 4.79 Å². The Bertz CT molecular complexity index is 449. The molecule has 1 heterocycles. The second-order valence-electron chi connectivity index (χ2n) is 6.18. The molecule has 0 aromatic rings. The summed E-state index contributed by atoms with van der Waals surface area (Å²) in [6.45, 7) is 10.7. The van der Waals surface area contributed by atoms with Gasteiger partial charge >= 0.3 is 0 Å². The highest BCUT2D eigenvalue weighted by Gasteiger charge is 2.31. The van der Waals surface area contributed by atoms with E-state index in [1.807, 2.05) is 6.92 Å². The molecule has 0 spiro atoms. The summed E-state index contributed by atoms with van der Waals surface area (Å²) in [7, 11) is -3.20. The van der Waals surface area contributed by atoms with E-state index in [1.54, 1.807) is 0 Å². The Morgan fingerprint density at radius 1 is 1.26 bits per heavy atom. The fourth-order valence-electron chi connectivity index (χ4n) is 2.99. The van der Waals surface area contributed by atoms with Crippen molar-refractivity contribution in [3.8, 4) is 0 Å². The first kappa shape index (κ1) is 20.4. The summed E-state index contributed by atoms with van der Waals surface area (Å²) in [5.41, 5.74) is 0. The number of hydrogen-bond donors (Lipinski definition) is 1. The van der Waals surface area contributed by atoms with Crippen LogP contribution in [0.1, 0.15) is 46.5 Å². The quantitative estimate of drug-likeness (QED) is 0.605. The fraction of sp³-hybridized carbons (Fsp3) is 0.938. The number of carbonyl (C=O) groups is 1. The Labute approximate surface area is 141 Å². The largest absolute Gasteiger partial charge is 0.356 e. The molecule has 6 nitrogen and oxygen atoms in total. The van der Waals surface area contributed by atoms with Crippen molar-refractivity contribution in [2.45, 2.75) is 46.5 Å². The van der Waals surface area contributed by atoms with Crippen molar-refractivity contribution in [3.63, 3.8) is 0 Å². The molecular formula is C16H33N3O3S. The lowest BCUT2D eigenvalue weighted by atomic mass is 9.99. The van der Waals surface area contributed by atoms with Crippen LogP contribution in [0.2, 0.25) is 0 Å². The minimum absolute atomic E-state index is 0.000875. The van der Waals surface area contributed by atoms with Crippen LogP contribution in [-0.2, 0) is 14.8 Å². The second kappa shape index (κ2) is 10.3. The number of sulfonamides is 1. The zero-order chi connectivity index (χ0) is 17.3. The highest BCUT2D eigenvalue weighted by Crippen LogP contribution is 2.20. The first-order chi connectivity index (χ1) is 10.9. The molecule has 0 aromatic heterocycles. The normalized spacial score (nSPS) is 19.9. The van der Waals surface area contributed by atoms with Crippen molar-refractivity contribution in [2.24, 2.45) is 5.92 Å². The van der Waals surface area contributed by atoms with Crippen LogP contribution in [0.3, 0.4) is 0 Å². The third-order valence-corrected chi connectivity index (χ3v) is 6.50. The van der Waals surface area contributed by atoms with Gasteiger partial charge in [0.2, 0.25) is 15.9 Å². The molecule has 0 saturated carbocycles. The van der Waals surface area contributed by atoms with E-state index >= 15 is 0 Å². The van der Waals surface area contributed by atoms with E-state index in [9.17, 15) is 13.2 Å². The third kappa shape index (κ3) is 6.77. The third-order valence-electron chi connectivity index (χ3n) is 4.46. The summed E-state index contributed by atoms with van der Waals surface area (Å²) in [4.78, 5) is 14.6. The van der Waals surface area contributed by atoms with Crippen LogP contribution in [0.4, 0.5) is 0 Å². The SMILES string of the molecule is CCCS(=O)(=O)N1CCC[C@@H](C(=O)NCCCN(CC)CC)C1. The molecule has 1 amide bonds. The number of carbonyl (C=O) groups excluding carboxylic acids is 1. The number of hydrogen-bond acceptors (Lipinski definition) is 4. The van der Waals surface area contributed by atoms with E-state index in [4.69, 9.17) is 0 Å². The molecule has 7 heteroatoms. The molecule has 0 bridgehead atoms. The summed E-state index contributed by atoms with van der Waals surface area (Å²) in [5.74, 6) is -0.0321. The van der Waals surface area contributed by atoms with Crippen LogP contribution >= 0.6 is 0 Å². The van der Waals surface area contributed by atoms with Crippen LogP contribution in [0.15, 0.2) is 0 Å². The van der Waals surface area contributed by atoms with Crippen molar-refractivity contribution >= 4 is 15.9 Å². The summed E-state index contributed by atoms with van der Waals surface area (Å²) in [6.07, 6.45) is 3.08. The lowest BCUT2D eigenvalue weighted by Gasteiger charge is -2.31. The van der Waals surface area contributed by atoms with Crippen molar-refractivity contribution < 1.29 is 13.2 Å².